The molecule has 0 saturated carbocycles. The molecule has 0 radical (unpaired) electrons. The number of unbranched alkanes of at least 4 members (excludes halogenated alkanes) is 1. The molecule has 0 aliphatic rings. The van der Waals surface area contributed by atoms with Crippen LogP contribution in [0.1, 0.15) is 46.4 Å². The number of aryl methyl sites for hydroxylation is 1. The number of fused-ring (bicyclic) bond motifs is 1. The molecule has 1 aromatic carbocycles. The first-order valence-corrected chi connectivity index (χ1v) is 10.9. The summed E-state index contributed by atoms with van der Waals surface area (Å²) in [5.74, 6) is 0.944. The fourth-order valence-corrected chi connectivity index (χ4v) is 4.29. The number of aromatic amines is 1. The summed E-state index contributed by atoms with van der Waals surface area (Å²) >= 11 is 7.55. The van der Waals surface area contributed by atoms with Gasteiger partial charge in [-0.25, -0.2) is 9.78 Å². The van der Waals surface area contributed by atoms with Crippen molar-refractivity contribution < 1.29 is 19.0 Å². The largest absolute Gasteiger partial charge is 0.493 e. The first-order valence-electron chi connectivity index (χ1n) is 9.69. The van der Waals surface area contributed by atoms with E-state index in [4.69, 9.17) is 25.8 Å². The highest BCUT2D eigenvalue weighted by atomic mass is 35.5. The minimum atomic E-state index is -0.503. The van der Waals surface area contributed by atoms with E-state index in [-0.39, 0.29) is 16.4 Å². The van der Waals surface area contributed by atoms with E-state index in [0.29, 0.717) is 38.8 Å². The Kier molecular flexibility index (Phi) is 7.35. The third-order valence-electron chi connectivity index (χ3n) is 4.63. The van der Waals surface area contributed by atoms with Crippen LogP contribution < -0.4 is 15.0 Å². The van der Waals surface area contributed by atoms with Crippen LogP contribution in [0, 0.1) is 6.92 Å². The van der Waals surface area contributed by atoms with Crippen molar-refractivity contribution in [3.63, 3.8) is 0 Å². The molecule has 0 amide bonds. The van der Waals surface area contributed by atoms with Crippen LogP contribution in [0.15, 0.2) is 23.0 Å². The van der Waals surface area contributed by atoms with Crippen LogP contribution in [0.5, 0.6) is 11.5 Å². The van der Waals surface area contributed by atoms with Crippen molar-refractivity contribution in [1.29, 1.82) is 0 Å². The summed E-state index contributed by atoms with van der Waals surface area (Å²) in [6.07, 6.45) is 3.67. The summed E-state index contributed by atoms with van der Waals surface area (Å²) in [5.41, 5.74) is 0.924. The Morgan fingerprint density at radius 1 is 1.29 bits per heavy atom. The summed E-state index contributed by atoms with van der Waals surface area (Å²) in [6.45, 7) is 4.40. The molecule has 0 fully saturated rings. The second-order valence-corrected chi connectivity index (χ2v) is 8.15. The Labute approximate surface area is 188 Å². The van der Waals surface area contributed by atoms with E-state index >= 15 is 0 Å². The molecule has 2 aromatic heterocycles. The van der Waals surface area contributed by atoms with Crippen LogP contribution in [0.2, 0.25) is 0 Å². The van der Waals surface area contributed by atoms with Crippen LogP contribution in [-0.2, 0) is 4.74 Å². The predicted octanol–water partition coefficient (Wildman–Crippen LogP) is 5.00. The number of ether oxygens (including phenoxy) is 3. The molecule has 1 N–H and O–H groups in total. The third kappa shape index (κ3) is 4.91. The number of aromatic nitrogens is 2. The van der Waals surface area contributed by atoms with Crippen LogP contribution in [-0.4, -0.2) is 36.8 Å². The van der Waals surface area contributed by atoms with Crippen molar-refractivity contribution in [2.75, 3.05) is 20.8 Å². The van der Waals surface area contributed by atoms with Gasteiger partial charge in [0.25, 0.3) is 5.56 Å². The zero-order chi connectivity index (χ0) is 22.5. The van der Waals surface area contributed by atoms with Gasteiger partial charge < -0.3 is 19.2 Å². The summed E-state index contributed by atoms with van der Waals surface area (Å²) in [4.78, 5) is 32.4. The molecule has 164 valence electrons. The molecular weight excluding hydrogens is 440 g/mol. The number of benzene rings is 1. The Hall–Kier alpha value is -2.84. The molecule has 31 heavy (non-hydrogen) atoms. The quantitative estimate of drug-likeness (QED) is 0.374. The molecular formula is C22H23ClN2O5S. The molecule has 0 saturated heterocycles. The minimum absolute atomic E-state index is 0.207. The molecule has 0 bridgehead atoms. The van der Waals surface area contributed by atoms with E-state index in [9.17, 15) is 9.59 Å². The van der Waals surface area contributed by atoms with E-state index in [1.54, 1.807) is 26.2 Å². The maximum atomic E-state index is 12.6. The number of methoxy groups -OCH3 is 2. The standard InChI is InChI=1S/C22H23ClN2O5S/c1-5-6-9-30-15-8-7-13(11-16(15)28-3)10-14(23)19-24-20(26)17-12(2)18(22(27)29-4)31-21(17)25-19/h7-8,10-11H,5-6,9H2,1-4H3,(H,24,25,26)/b14-10-. The van der Waals surface area contributed by atoms with Gasteiger partial charge in [0.15, 0.2) is 17.3 Å². The molecule has 3 aromatic rings. The Morgan fingerprint density at radius 2 is 2.06 bits per heavy atom. The van der Waals surface area contributed by atoms with Gasteiger partial charge in [0, 0.05) is 0 Å². The Balaban J connectivity index is 1.96. The molecule has 9 heteroatoms. The van der Waals surface area contributed by atoms with E-state index in [1.807, 2.05) is 12.1 Å². The van der Waals surface area contributed by atoms with E-state index < -0.39 is 5.97 Å². The summed E-state index contributed by atoms with van der Waals surface area (Å²) in [7, 11) is 2.87. The molecule has 3 rings (SSSR count). The number of carbonyl (C=O) groups excluding carboxylic acids is 1. The van der Waals surface area contributed by atoms with Crippen molar-refractivity contribution in [2.24, 2.45) is 0 Å². The first-order chi connectivity index (χ1) is 14.9. The number of esters is 1. The summed E-state index contributed by atoms with van der Waals surface area (Å²) < 4.78 is 15.9. The highest BCUT2D eigenvalue weighted by Gasteiger charge is 2.20. The van der Waals surface area contributed by atoms with Gasteiger partial charge in [-0.3, -0.25) is 4.79 Å². The topological polar surface area (TPSA) is 90.5 Å². The molecule has 0 atom stereocenters. The Bertz CT molecular complexity index is 1200. The Morgan fingerprint density at radius 3 is 2.74 bits per heavy atom. The monoisotopic (exact) mass is 462 g/mol. The van der Waals surface area contributed by atoms with Gasteiger partial charge in [-0.2, -0.15) is 0 Å². The fourth-order valence-electron chi connectivity index (χ4n) is 2.98. The van der Waals surface area contributed by atoms with E-state index in [0.717, 1.165) is 29.7 Å². The smallest absolute Gasteiger partial charge is 0.348 e. The zero-order valence-corrected chi connectivity index (χ0v) is 19.3. The number of nitrogens with zero attached hydrogens (tertiary/aromatic N) is 1. The van der Waals surface area contributed by atoms with E-state index in [2.05, 4.69) is 16.9 Å². The third-order valence-corrected chi connectivity index (χ3v) is 6.09. The van der Waals surface area contributed by atoms with Crippen molar-refractivity contribution in [1.82, 2.24) is 9.97 Å². The molecule has 2 heterocycles. The number of thiophene rings is 1. The average molecular weight is 463 g/mol. The lowest BCUT2D eigenvalue weighted by Gasteiger charge is -2.11. The second kappa shape index (κ2) is 9.98. The number of halogens is 1. The normalized spacial score (nSPS) is 11.6. The van der Waals surface area contributed by atoms with Gasteiger partial charge in [0.05, 0.1) is 31.2 Å². The number of nitrogens with one attached hydrogen (secondary N) is 1. The maximum Gasteiger partial charge on any atom is 0.348 e. The number of hydrogen-bond donors (Lipinski definition) is 1. The van der Waals surface area contributed by atoms with Gasteiger partial charge in [-0.15, -0.1) is 11.3 Å². The summed E-state index contributed by atoms with van der Waals surface area (Å²) in [6, 6.07) is 5.45. The summed E-state index contributed by atoms with van der Waals surface area (Å²) in [5, 5.41) is 0.597. The van der Waals surface area contributed by atoms with E-state index in [1.165, 1.54) is 7.11 Å². The molecule has 7 nitrogen and oxygen atoms in total. The van der Waals surface area contributed by atoms with Crippen LogP contribution >= 0.6 is 22.9 Å². The minimum Gasteiger partial charge on any atom is -0.493 e. The lowest BCUT2D eigenvalue weighted by Crippen LogP contribution is -2.10. The molecule has 0 spiro atoms. The van der Waals surface area contributed by atoms with Crippen LogP contribution in [0.25, 0.3) is 21.3 Å². The predicted molar refractivity (Wildman–Crippen MR) is 123 cm³/mol. The van der Waals surface area contributed by atoms with Gasteiger partial charge >= 0.3 is 5.97 Å². The van der Waals surface area contributed by atoms with Crippen molar-refractivity contribution in [3.05, 3.63) is 50.4 Å². The number of carbonyl (C=O) groups is 1. The van der Waals surface area contributed by atoms with Crippen molar-refractivity contribution in [2.45, 2.75) is 26.7 Å². The van der Waals surface area contributed by atoms with Crippen LogP contribution in [0.3, 0.4) is 0 Å². The fraction of sp³-hybridized carbons (Fsp3) is 0.318. The number of H-pyrrole nitrogens is 1. The lowest BCUT2D eigenvalue weighted by atomic mass is 10.2. The van der Waals surface area contributed by atoms with Crippen LogP contribution in [0.4, 0.5) is 0 Å². The molecule has 0 aliphatic heterocycles. The highest BCUT2D eigenvalue weighted by molar-refractivity contribution is 7.20. The zero-order valence-electron chi connectivity index (χ0n) is 17.7. The molecule has 0 aliphatic carbocycles. The number of rotatable bonds is 8. The number of hydrogen-bond acceptors (Lipinski definition) is 7. The van der Waals surface area contributed by atoms with Gasteiger partial charge in [-0.05, 0) is 42.7 Å². The SMILES string of the molecule is CCCCOc1ccc(/C=C(\Cl)c2nc3sc(C(=O)OC)c(C)c3c(=O)[nH]2)cc1OC. The van der Waals surface area contributed by atoms with Gasteiger partial charge in [0.2, 0.25) is 0 Å². The van der Waals surface area contributed by atoms with Gasteiger partial charge in [0.1, 0.15) is 9.71 Å². The first kappa shape index (κ1) is 22.8. The maximum absolute atomic E-state index is 12.6. The highest BCUT2D eigenvalue weighted by Crippen LogP contribution is 2.32. The van der Waals surface area contributed by atoms with Crippen molar-refractivity contribution in [3.8, 4) is 11.5 Å². The average Bonchev–Trinajstić information content (AvgIpc) is 3.10. The molecule has 0 unspecified atom stereocenters. The van der Waals surface area contributed by atoms with Crippen molar-refractivity contribution >= 4 is 50.2 Å². The van der Waals surface area contributed by atoms with Gasteiger partial charge in [-0.1, -0.05) is 31.0 Å². The second-order valence-electron chi connectivity index (χ2n) is 6.75. The lowest BCUT2D eigenvalue weighted by molar-refractivity contribution is 0.0605.